The Kier molecular flexibility index (Phi) is 5.42. The van der Waals surface area contributed by atoms with Crippen LogP contribution >= 0.6 is 34.2 Å². The third-order valence-corrected chi connectivity index (χ3v) is 3.82. The van der Waals surface area contributed by atoms with Gasteiger partial charge in [-0.1, -0.05) is 18.5 Å². The van der Waals surface area contributed by atoms with Gasteiger partial charge in [-0.3, -0.25) is 0 Å². The average Bonchev–Trinajstić information content (AvgIpc) is 2.42. The van der Waals surface area contributed by atoms with Gasteiger partial charge in [0.2, 0.25) is 0 Å². The van der Waals surface area contributed by atoms with E-state index >= 15 is 0 Å². The van der Waals surface area contributed by atoms with E-state index in [0.717, 1.165) is 44.6 Å². The summed E-state index contributed by atoms with van der Waals surface area (Å²) >= 11 is 8.22. The zero-order chi connectivity index (χ0) is 14.5. The molecule has 0 aliphatic carbocycles. The molecule has 1 heterocycles. The molecule has 106 valence electrons. The van der Waals surface area contributed by atoms with Crippen molar-refractivity contribution in [1.82, 2.24) is 9.97 Å². The lowest BCUT2D eigenvalue weighted by atomic mass is 10.3. The van der Waals surface area contributed by atoms with Crippen molar-refractivity contribution in [3.63, 3.8) is 0 Å². The smallest absolute Gasteiger partial charge is 0.136 e. The standard InChI is InChI=1S/C14H16ClIN4/c1-3-4-12-19-13(17-2)8-14(20-12)18-11-6-5-9(15)7-10(11)16/h5-8H,3-4H2,1-2H3,(H2,17,18,19,20). The minimum absolute atomic E-state index is 0.727. The molecule has 0 radical (unpaired) electrons. The highest BCUT2D eigenvalue weighted by Crippen LogP contribution is 2.25. The topological polar surface area (TPSA) is 49.8 Å². The predicted molar refractivity (Wildman–Crippen MR) is 93.0 cm³/mol. The van der Waals surface area contributed by atoms with Gasteiger partial charge in [-0.05, 0) is 47.2 Å². The minimum atomic E-state index is 0.727. The Morgan fingerprint density at radius 1 is 1.20 bits per heavy atom. The van der Waals surface area contributed by atoms with E-state index in [9.17, 15) is 0 Å². The van der Waals surface area contributed by atoms with Crippen LogP contribution in [0, 0.1) is 3.57 Å². The van der Waals surface area contributed by atoms with Gasteiger partial charge in [0.1, 0.15) is 17.5 Å². The summed E-state index contributed by atoms with van der Waals surface area (Å²) in [5.74, 6) is 2.44. The molecule has 2 rings (SSSR count). The number of rotatable bonds is 5. The lowest BCUT2D eigenvalue weighted by Gasteiger charge is -2.11. The molecule has 0 aliphatic rings. The summed E-state index contributed by atoms with van der Waals surface area (Å²) in [5.41, 5.74) is 0.984. The first-order valence-corrected chi connectivity index (χ1v) is 7.86. The van der Waals surface area contributed by atoms with E-state index in [1.165, 1.54) is 0 Å². The SMILES string of the molecule is CCCc1nc(NC)cc(Nc2ccc(Cl)cc2I)n1. The molecule has 0 atom stereocenters. The number of aromatic nitrogens is 2. The zero-order valence-corrected chi connectivity index (χ0v) is 14.3. The van der Waals surface area contributed by atoms with E-state index < -0.39 is 0 Å². The summed E-state index contributed by atoms with van der Waals surface area (Å²) in [6, 6.07) is 7.62. The monoisotopic (exact) mass is 402 g/mol. The second-order valence-corrected chi connectivity index (χ2v) is 5.90. The molecule has 2 aromatic rings. The number of benzene rings is 1. The Morgan fingerprint density at radius 2 is 1.95 bits per heavy atom. The van der Waals surface area contributed by atoms with Gasteiger partial charge in [0.05, 0.1) is 5.69 Å². The van der Waals surface area contributed by atoms with Gasteiger partial charge in [0, 0.05) is 28.1 Å². The molecule has 1 aromatic heterocycles. The van der Waals surface area contributed by atoms with Crippen molar-refractivity contribution in [2.24, 2.45) is 0 Å². The van der Waals surface area contributed by atoms with E-state index in [4.69, 9.17) is 11.6 Å². The molecule has 6 heteroatoms. The number of hydrogen-bond donors (Lipinski definition) is 2. The third kappa shape index (κ3) is 3.96. The normalized spacial score (nSPS) is 10.4. The predicted octanol–water partition coefficient (Wildman–Crippen LogP) is 4.47. The van der Waals surface area contributed by atoms with Gasteiger partial charge < -0.3 is 10.6 Å². The Labute approximate surface area is 137 Å². The highest BCUT2D eigenvalue weighted by atomic mass is 127. The van der Waals surface area contributed by atoms with E-state index in [2.05, 4.69) is 50.1 Å². The van der Waals surface area contributed by atoms with Gasteiger partial charge in [-0.25, -0.2) is 9.97 Å². The largest absolute Gasteiger partial charge is 0.373 e. The highest BCUT2D eigenvalue weighted by molar-refractivity contribution is 14.1. The quantitative estimate of drug-likeness (QED) is 0.724. The number of halogens is 2. The van der Waals surface area contributed by atoms with Crippen molar-refractivity contribution >= 4 is 51.5 Å². The zero-order valence-electron chi connectivity index (χ0n) is 11.4. The van der Waals surface area contributed by atoms with Crippen LogP contribution in [0.1, 0.15) is 19.2 Å². The average molecular weight is 403 g/mol. The van der Waals surface area contributed by atoms with E-state index in [1.54, 1.807) is 0 Å². The van der Waals surface area contributed by atoms with Gasteiger partial charge in [0.25, 0.3) is 0 Å². The lowest BCUT2D eigenvalue weighted by Crippen LogP contribution is -2.04. The van der Waals surface area contributed by atoms with Crippen molar-refractivity contribution in [3.8, 4) is 0 Å². The van der Waals surface area contributed by atoms with Crippen molar-refractivity contribution in [1.29, 1.82) is 0 Å². The van der Waals surface area contributed by atoms with Crippen LogP contribution in [-0.2, 0) is 6.42 Å². The minimum Gasteiger partial charge on any atom is -0.373 e. The van der Waals surface area contributed by atoms with Gasteiger partial charge in [-0.2, -0.15) is 0 Å². The Hall–Kier alpha value is -1.08. The molecule has 0 aliphatic heterocycles. The number of aryl methyl sites for hydroxylation is 1. The fourth-order valence-corrected chi connectivity index (χ4v) is 2.76. The fourth-order valence-electron chi connectivity index (χ4n) is 1.75. The summed E-state index contributed by atoms with van der Waals surface area (Å²) in [6.45, 7) is 2.12. The first-order valence-electron chi connectivity index (χ1n) is 6.40. The van der Waals surface area contributed by atoms with Crippen molar-refractivity contribution < 1.29 is 0 Å². The summed E-state index contributed by atoms with van der Waals surface area (Å²) in [7, 11) is 1.86. The molecule has 0 saturated heterocycles. The summed E-state index contributed by atoms with van der Waals surface area (Å²) < 4.78 is 1.05. The van der Waals surface area contributed by atoms with Gasteiger partial charge >= 0.3 is 0 Å². The Bertz CT molecular complexity index is 604. The van der Waals surface area contributed by atoms with E-state index in [1.807, 2.05) is 31.3 Å². The molecule has 0 fully saturated rings. The van der Waals surface area contributed by atoms with Crippen LogP contribution in [0.4, 0.5) is 17.3 Å². The van der Waals surface area contributed by atoms with Crippen molar-refractivity contribution in [2.45, 2.75) is 19.8 Å². The fraction of sp³-hybridized carbons (Fsp3) is 0.286. The molecule has 0 spiro atoms. The molecule has 20 heavy (non-hydrogen) atoms. The van der Waals surface area contributed by atoms with Crippen LogP contribution in [0.3, 0.4) is 0 Å². The number of nitrogens with zero attached hydrogens (tertiary/aromatic N) is 2. The molecule has 0 amide bonds. The van der Waals surface area contributed by atoms with Crippen LogP contribution in [-0.4, -0.2) is 17.0 Å². The number of anilines is 3. The first kappa shape index (κ1) is 15.3. The van der Waals surface area contributed by atoms with Crippen LogP contribution in [0.2, 0.25) is 5.02 Å². The first-order chi connectivity index (χ1) is 9.62. The highest BCUT2D eigenvalue weighted by Gasteiger charge is 2.06. The Morgan fingerprint density at radius 3 is 2.60 bits per heavy atom. The number of nitrogens with one attached hydrogen (secondary N) is 2. The van der Waals surface area contributed by atoms with Gasteiger partial charge in [-0.15, -0.1) is 0 Å². The van der Waals surface area contributed by atoms with Crippen molar-refractivity contribution in [2.75, 3.05) is 17.7 Å². The maximum atomic E-state index is 5.97. The summed E-state index contributed by atoms with van der Waals surface area (Å²) in [6.07, 6.45) is 1.88. The van der Waals surface area contributed by atoms with Crippen molar-refractivity contribution in [3.05, 3.63) is 38.7 Å². The van der Waals surface area contributed by atoms with Crippen LogP contribution < -0.4 is 10.6 Å². The number of hydrogen-bond acceptors (Lipinski definition) is 4. The van der Waals surface area contributed by atoms with Crippen LogP contribution in [0.15, 0.2) is 24.3 Å². The van der Waals surface area contributed by atoms with Crippen LogP contribution in [0.5, 0.6) is 0 Å². The maximum absolute atomic E-state index is 5.97. The third-order valence-electron chi connectivity index (χ3n) is 2.70. The van der Waals surface area contributed by atoms with Gasteiger partial charge in [0.15, 0.2) is 0 Å². The molecule has 0 bridgehead atoms. The molecular weight excluding hydrogens is 387 g/mol. The molecule has 1 aromatic carbocycles. The molecular formula is C14H16ClIN4. The molecule has 2 N–H and O–H groups in total. The second kappa shape index (κ2) is 7.08. The Balaban J connectivity index is 2.29. The lowest BCUT2D eigenvalue weighted by molar-refractivity contribution is 0.838. The molecule has 4 nitrogen and oxygen atoms in total. The van der Waals surface area contributed by atoms with E-state index in [-0.39, 0.29) is 0 Å². The summed E-state index contributed by atoms with van der Waals surface area (Å²) in [4.78, 5) is 8.97. The molecule has 0 unspecified atom stereocenters. The molecule has 0 saturated carbocycles. The maximum Gasteiger partial charge on any atom is 0.136 e. The van der Waals surface area contributed by atoms with Crippen LogP contribution in [0.25, 0.3) is 0 Å². The second-order valence-electron chi connectivity index (χ2n) is 4.30. The van der Waals surface area contributed by atoms with E-state index in [0.29, 0.717) is 0 Å². The summed E-state index contributed by atoms with van der Waals surface area (Å²) in [5, 5.41) is 7.10.